The van der Waals surface area contributed by atoms with E-state index >= 15 is 0 Å². The minimum absolute atomic E-state index is 0.0261. The van der Waals surface area contributed by atoms with Gasteiger partial charge in [0.05, 0.1) is 4.92 Å². The lowest BCUT2D eigenvalue weighted by Crippen LogP contribution is -2.01. The number of ketones is 1. The van der Waals surface area contributed by atoms with Crippen LogP contribution in [0.4, 0.5) is 5.69 Å². The standard InChI is InChI=1S/C20H13NO5/c22-20(13-4-2-1-3-5-13)14-6-8-18-19(11-14)26-17-9-7-16(21(23)24)10-15(17)12-25-18/h1-11H,12H2. The maximum atomic E-state index is 12.6. The maximum absolute atomic E-state index is 12.6. The minimum atomic E-state index is -0.463. The van der Waals surface area contributed by atoms with Gasteiger partial charge in [-0.25, -0.2) is 0 Å². The molecule has 0 amide bonds. The molecule has 6 heteroatoms. The number of hydrogen-bond donors (Lipinski definition) is 0. The van der Waals surface area contributed by atoms with Crippen molar-refractivity contribution in [1.29, 1.82) is 0 Å². The summed E-state index contributed by atoms with van der Waals surface area (Å²) in [5, 5.41) is 10.9. The van der Waals surface area contributed by atoms with Gasteiger partial charge in [0.15, 0.2) is 17.3 Å². The Kier molecular flexibility index (Phi) is 3.85. The first kappa shape index (κ1) is 15.8. The van der Waals surface area contributed by atoms with Gasteiger partial charge >= 0.3 is 0 Å². The molecule has 0 spiro atoms. The van der Waals surface area contributed by atoms with Gasteiger partial charge in [0.25, 0.3) is 5.69 Å². The molecule has 0 bridgehead atoms. The van der Waals surface area contributed by atoms with E-state index < -0.39 is 4.92 Å². The maximum Gasteiger partial charge on any atom is 0.270 e. The van der Waals surface area contributed by atoms with Crippen LogP contribution in [-0.2, 0) is 6.61 Å². The summed E-state index contributed by atoms with van der Waals surface area (Å²) in [7, 11) is 0. The van der Waals surface area contributed by atoms with Crippen LogP contribution >= 0.6 is 0 Å². The first-order valence-electron chi connectivity index (χ1n) is 7.93. The van der Waals surface area contributed by atoms with Gasteiger partial charge in [0.2, 0.25) is 0 Å². The van der Waals surface area contributed by atoms with Crippen molar-refractivity contribution in [1.82, 2.24) is 0 Å². The van der Waals surface area contributed by atoms with Crippen molar-refractivity contribution >= 4 is 11.5 Å². The van der Waals surface area contributed by atoms with Crippen molar-refractivity contribution in [2.24, 2.45) is 0 Å². The molecule has 3 aromatic carbocycles. The van der Waals surface area contributed by atoms with E-state index in [1.54, 1.807) is 42.5 Å². The zero-order valence-electron chi connectivity index (χ0n) is 13.5. The van der Waals surface area contributed by atoms with E-state index in [1.165, 1.54) is 18.2 Å². The Bertz CT molecular complexity index is 1010. The highest BCUT2D eigenvalue weighted by Crippen LogP contribution is 2.39. The second kappa shape index (κ2) is 6.33. The first-order chi connectivity index (χ1) is 12.6. The number of rotatable bonds is 3. The third-order valence-electron chi connectivity index (χ3n) is 4.10. The van der Waals surface area contributed by atoms with Crippen molar-refractivity contribution in [2.75, 3.05) is 0 Å². The molecule has 0 radical (unpaired) electrons. The fourth-order valence-corrected chi connectivity index (χ4v) is 2.77. The third-order valence-corrected chi connectivity index (χ3v) is 4.10. The van der Waals surface area contributed by atoms with E-state index in [0.29, 0.717) is 33.9 Å². The van der Waals surface area contributed by atoms with E-state index in [9.17, 15) is 14.9 Å². The van der Waals surface area contributed by atoms with Crippen LogP contribution in [0.15, 0.2) is 66.7 Å². The normalized spacial score (nSPS) is 12.0. The lowest BCUT2D eigenvalue weighted by molar-refractivity contribution is -0.385. The highest BCUT2D eigenvalue weighted by molar-refractivity contribution is 6.09. The van der Waals surface area contributed by atoms with Crippen LogP contribution in [0, 0.1) is 10.1 Å². The summed E-state index contributed by atoms with van der Waals surface area (Å²) < 4.78 is 11.6. The molecular weight excluding hydrogens is 334 g/mol. The number of nitro groups is 1. The predicted molar refractivity (Wildman–Crippen MR) is 93.8 cm³/mol. The molecule has 4 rings (SSSR count). The fraction of sp³-hybridized carbons (Fsp3) is 0.0500. The number of ether oxygens (including phenoxy) is 2. The Morgan fingerprint density at radius 2 is 1.65 bits per heavy atom. The molecular formula is C20H13NO5. The molecule has 0 saturated carbocycles. The summed E-state index contributed by atoms with van der Waals surface area (Å²) >= 11 is 0. The summed E-state index contributed by atoms with van der Waals surface area (Å²) in [6, 6.07) is 18.3. The van der Waals surface area contributed by atoms with Crippen LogP contribution in [0.1, 0.15) is 21.5 Å². The minimum Gasteiger partial charge on any atom is -0.485 e. The van der Waals surface area contributed by atoms with E-state index in [0.717, 1.165) is 0 Å². The number of nitro benzene ring substituents is 1. The smallest absolute Gasteiger partial charge is 0.270 e. The molecule has 128 valence electrons. The molecule has 0 aromatic heterocycles. The van der Waals surface area contributed by atoms with Crippen molar-refractivity contribution in [3.05, 3.63) is 93.5 Å². The van der Waals surface area contributed by atoms with Crippen LogP contribution in [0.2, 0.25) is 0 Å². The van der Waals surface area contributed by atoms with Gasteiger partial charge in [-0.2, -0.15) is 0 Å². The van der Waals surface area contributed by atoms with Crippen molar-refractivity contribution in [2.45, 2.75) is 6.61 Å². The number of hydrogen-bond acceptors (Lipinski definition) is 5. The van der Waals surface area contributed by atoms with Gasteiger partial charge in [0.1, 0.15) is 12.4 Å². The average molecular weight is 347 g/mol. The Morgan fingerprint density at radius 3 is 2.42 bits per heavy atom. The average Bonchev–Trinajstić information content (AvgIpc) is 2.86. The molecule has 0 fully saturated rings. The second-order valence-corrected chi connectivity index (χ2v) is 5.80. The molecule has 1 heterocycles. The van der Waals surface area contributed by atoms with Gasteiger partial charge < -0.3 is 9.47 Å². The summed E-state index contributed by atoms with van der Waals surface area (Å²) in [4.78, 5) is 23.1. The Morgan fingerprint density at radius 1 is 0.885 bits per heavy atom. The van der Waals surface area contributed by atoms with E-state index in [-0.39, 0.29) is 18.1 Å². The molecule has 0 atom stereocenters. The summed E-state index contributed by atoms with van der Waals surface area (Å²) in [6.07, 6.45) is 0. The van der Waals surface area contributed by atoms with E-state index in [1.807, 2.05) is 6.07 Å². The molecule has 3 aromatic rings. The number of carbonyl (C=O) groups excluding carboxylic acids is 1. The van der Waals surface area contributed by atoms with Gasteiger partial charge in [-0.15, -0.1) is 0 Å². The number of non-ortho nitro benzene ring substituents is 1. The number of nitrogens with zero attached hydrogens (tertiary/aromatic N) is 1. The lowest BCUT2D eigenvalue weighted by Gasteiger charge is -2.09. The van der Waals surface area contributed by atoms with Gasteiger partial charge in [0, 0.05) is 28.8 Å². The monoisotopic (exact) mass is 347 g/mol. The quantitative estimate of drug-likeness (QED) is 0.396. The SMILES string of the molecule is O=C(c1ccccc1)c1ccc2c(c1)Oc1ccc([N+](=O)[O-])cc1CO2. The molecule has 26 heavy (non-hydrogen) atoms. The second-order valence-electron chi connectivity index (χ2n) is 5.80. The molecule has 0 N–H and O–H groups in total. The number of fused-ring (bicyclic) bond motifs is 2. The largest absolute Gasteiger partial charge is 0.485 e. The van der Waals surface area contributed by atoms with Gasteiger partial charge in [-0.3, -0.25) is 14.9 Å². The highest BCUT2D eigenvalue weighted by atomic mass is 16.6. The predicted octanol–water partition coefficient (Wildman–Crippen LogP) is 4.51. The third kappa shape index (κ3) is 2.88. The van der Waals surface area contributed by atoms with Crippen molar-refractivity contribution < 1.29 is 19.2 Å². The van der Waals surface area contributed by atoms with Crippen molar-refractivity contribution in [3.8, 4) is 17.2 Å². The molecule has 1 aliphatic heterocycles. The topological polar surface area (TPSA) is 78.7 Å². The summed E-state index contributed by atoms with van der Waals surface area (Å²) in [5.74, 6) is 1.23. The lowest BCUT2D eigenvalue weighted by atomic mass is 10.0. The van der Waals surface area contributed by atoms with Crippen LogP contribution in [0.5, 0.6) is 17.2 Å². The zero-order chi connectivity index (χ0) is 18.1. The fourth-order valence-electron chi connectivity index (χ4n) is 2.77. The van der Waals surface area contributed by atoms with E-state index in [2.05, 4.69) is 0 Å². The number of carbonyl (C=O) groups is 1. The van der Waals surface area contributed by atoms with Crippen molar-refractivity contribution in [3.63, 3.8) is 0 Å². The molecule has 0 saturated heterocycles. The molecule has 0 aliphatic carbocycles. The van der Waals surface area contributed by atoms with Gasteiger partial charge in [-0.1, -0.05) is 30.3 Å². The first-order valence-corrected chi connectivity index (χ1v) is 7.93. The molecule has 0 unspecified atom stereocenters. The van der Waals surface area contributed by atoms with Gasteiger partial charge in [-0.05, 0) is 24.3 Å². The Labute approximate surface area is 148 Å². The summed E-state index contributed by atoms with van der Waals surface area (Å²) in [6.45, 7) is 0.149. The van der Waals surface area contributed by atoms with Crippen LogP contribution in [-0.4, -0.2) is 10.7 Å². The van der Waals surface area contributed by atoms with Crippen LogP contribution in [0.3, 0.4) is 0 Å². The number of benzene rings is 3. The molecule has 6 nitrogen and oxygen atoms in total. The highest BCUT2D eigenvalue weighted by Gasteiger charge is 2.20. The Balaban J connectivity index is 1.69. The Hall–Kier alpha value is -3.67. The molecule has 1 aliphatic rings. The summed E-state index contributed by atoms with van der Waals surface area (Å²) in [5.41, 5.74) is 1.61. The zero-order valence-corrected chi connectivity index (χ0v) is 13.5. The van der Waals surface area contributed by atoms with Crippen LogP contribution < -0.4 is 9.47 Å². The van der Waals surface area contributed by atoms with E-state index in [4.69, 9.17) is 9.47 Å². The van der Waals surface area contributed by atoms with Crippen LogP contribution in [0.25, 0.3) is 0 Å².